The number of nitrogens with zero attached hydrogens (tertiary/aromatic N) is 1. The first-order valence-electron chi connectivity index (χ1n) is 7.04. The Bertz CT molecular complexity index is 164. The molecule has 0 aromatic rings. The van der Waals surface area contributed by atoms with Crippen LogP contribution in [-0.2, 0) is 4.74 Å². The molecule has 1 N–H and O–H groups in total. The molecule has 0 saturated heterocycles. The number of methoxy groups -OCH3 is 1. The zero-order chi connectivity index (χ0) is 13.1. The van der Waals surface area contributed by atoms with E-state index in [2.05, 4.69) is 38.0 Å². The third kappa shape index (κ3) is 10.7. The van der Waals surface area contributed by atoms with Crippen molar-refractivity contribution >= 4 is 0 Å². The Morgan fingerprint density at radius 2 is 1.94 bits per heavy atom. The SMILES string of the molecule is CCCNC(C)CCCCN(C)CC(C)OC. The number of likely N-dealkylation sites (N-methyl/N-ethyl adjacent to an activating group) is 1. The lowest BCUT2D eigenvalue weighted by molar-refractivity contribution is 0.0851. The number of nitrogens with one attached hydrogen (secondary N) is 1. The standard InChI is InChI=1S/C14H32N2O/c1-6-10-15-13(2)9-7-8-11-16(4)12-14(3)17-5/h13-15H,6-12H2,1-5H3. The van der Waals surface area contributed by atoms with Crippen LogP contribution in [0.3, 0.4) is 0 Å². The van der Waals surface area contributed by atoms with E-state index in [1.54, 1.807) is 7.11 Å². The maximum absolute atomic E-state index is 5.26. The van der Waals surface area contributed by atoms with E-state index in [9.17, 15) is 0 Å². The maximum Gasteiger partial charge on any atom is 0.0669 e. The minimum absolute atomic E-state index is 0.338. The molecule has 0 aliphatic heterocycles. The van der Waals surface area contributed by atoms with Gasteiger partial charge in [-0.25, -0.2) is 0 Å². The number of hydrogen-bond acceptors (Lipinski definition) is 3. The van der Waals surface area contributed by atoms with Crippen LogP contribution in [0.4, 0.5) is 0 Å². The summed E-state index contributed by atoms with van der Waals surface area (Å²) in [4.78, 5) is 2.36. The van der Waals surface area contributed by atoms with Gasteiger partial charge in [0.25, 0.3) is 0 Å². The van der Waals surface area contributed by atoms with E-state index in [1.807, 2.05) is 0 Å². The Balaban J connectivity index is 3.37. The Hall–Kier alpha value is -0.120. The van der Waals surface area contributed by atoms with Crippen LogP contribution in [0.15, 0.2) is 0 Å². The number of rotatable bonds is 11. The van der Waals surface area contributed by atoms with Crippen LogP contribution in [0.5, 0.6) is 0 Å². The molecule has 17 heavy (non-hydrogen) atoms. The van der Waals surface area contributed by atoms with E-state index >= 15 is 0 Å². The molecule has 0 bridgehead atoms. The molecule has 0 aliphatic rings. The first-order valence-corrected chi connectivity index (χ1v) is 7.04. The Morgan fingerprint density at radius 1 is 1.24 bits per heavy atom. The fourth-order valence-corrected chi connectivity index (χ4v) is 1.93. The van der Waals surface area contributed by atoms with Crippen molar-refractivity contribution in [2.45, 2.75) is 58.6 Å². The van der Waals surface area contributed by atoms with Gasteiger partial charge in [-0.15, -0.1) is 0 Å². The molecule has 3 nitrogen and oxygen atoms in total. The van der Waals surface area contributed by atoms with Crippen molar-refractivity contribution < 1.29 is 4.74 Å². The molecule has 0 aliphatic carbocycles. The highest BCUT2D eigenvalue weighted by atomic mass is 16.5. The molecule has 0 amide bonds. The van der Waals surface area contributed by atoms with Gasteiger partial charge in [0.15, 0.2) is 0 Å². The lowest BCUT2D eigenvalue weighted by atomic mass is 10.1. The van der Waals surface area contributed by atoms with Gasteiger partial charge in [0.05, 0.1) is 6.10 Å². The summed E-state index contributed by atoms with van der Waals surface area (Å²) < 4.78 is 5.26. The molecule has 0 fully saturated rings. The molecule has 2 atom stereocenters. The average molecular weight is 244 g/mol. The monoisotopic (exact) mass is 244 g/mol. The molecule has 0 spiro atoms. The van der Waals surface area contributed by atoms with Gasteiger partial charge in [-0.05, 0) is 53.2 Å². The normalized spacial score (nSPS) is 15.2. The van der Waals surface area contributed by atoms with Gasteiger partial charge < -0.3 is 15.0 Å². The summed E-state index contributed by atoms with van der Waals surface area (Å²) in [5.74, 6) is 0. The maximum atomic E-state index is 5.26. The van der Waals surface area contributed by atoms with Crippen molar-refractivity contribution in [3.8, 4) is 0 Å². The van der Waals surface area contributed by atoms with Crippen LogP contribution >= 0.6 is 0 Å². The molecular formula is C14H32N2O. The zero-order valence-electron chi connectivity index (χ0n) is 12.5. The average Bonchev–Trinajstić information content (AvgIpc) is 2.31. The molecular weight excluding hydrogens is 212 g/mol. The highest BCUT2D eigenvalue weighted by molar-refractivity contribution is 4.62. The van der Waals surface area contributed by atoms with Gasteiger partial charge >= 0.3 is 0 Å². The van der Waals surface area contributed by atoms with Crippen molar-refractivity contribution in [3.63, 3.8) is 0 Å². The van der Waals surface area contributed by atoms with Crippen LogP contribution in [0.1, 0.15) is 46.5 Å². The van der Waals surface area contributed by atoms with E-state index in [0.717, 1.165) is 13.1 Å². The Morgan fingerprint density at radius 3 is 2.53 bits per heavy atom. The van der Waals surface area contributed by atoms with Crippen molar-refractivity contribution in [1.29, 1.82) is 0 Å². The molecule has 0 aromatic heterocycles. The van der Waals surface area contributed by atoms with Crippen molar-refractivity contribution in [2.24, 2.45) is 0 Å². The lowest BCUT2D eigenvalue weighted by Crippen LogP contribution is -2.30. The van der Waals surface area contributed by atoms with E-state index in [4.69, 9.17) is 4.74 Å². The largest absolute Gasteiger partial charge is 0.380 e. The third-order valence-electron chi connectivity index (χ3n) is 3.14. The second kappa shape index (κ2) is 11.0. The molecule has 104 valence electrons. The Labute approximate surface area is 108 Å². The topological polar surface area (TPSA) is 24.5 Å². The highest BCUT2D eigenvalue weighted by Crippen LogP contribution is 2.02. The van der Waals surface area contributed by atoms with Crippen LogP contribution in [0.2, 0.25) is 0 Å². The van der Waals surface area contributed by atoms with Gasteiger partial charge in [-0.3, -0.25) is 0 Å². The van der Waals surface area contributed by atoms with Crippen LogP contribution in [0, 0.1) is 0 Å². The zero-order valence-corrected chi connectivity index (χ0v) is 12.5. The highest BCUT2D eigenvalue weighted by Gasteiger charge is 2.05. The first kappa shape index (κ1) is 16.9. The minimum Gasteiger partial charge on any atom is -0.380 e. The first-order chi connectivity index (χ1) is 8.10. The molecule has 0 heterocycles. The molecule has 0 aromatic carbocycles. The summed E-state index contributed by atoms with van der Waals surface area (Å²) in [6.07, 6.45) is 5.44. The smallest absolute Gasteiger partial charge is 0.0669 e. The summed E-state index contributed by atoms with van der Waals surface area (Å²) in [5, 5.41) is 3.53. The molecule has 2 unspecified atom stereocenters. The molecule has 0 radical (unpaired) electrons. The summed E-state index contributed by atoms with van der Waals surface area (Å²) in [6.45, 7) is 9.96. The predicted molar refractivity (Wildman–Crippen MR) is 75.6 cm³/mol. The quantitative estimate of drug-likeness (QED) is 0.565. The minimum atomic E-state index is 0.338. The van der Waals surface area contributed by atoms with Crippen molar-refractivity contribution in [1.82, 2.24) is 10.2 Å². The van der Waals surface area contributed by atoms with E-state index in [1.165, 1.54) is 32.2 Å². The molecule has 0 rings (SSSR count). The molecule has 3 heteroatoms. The van der Waals surface area contributed by atoms with Gasteiger partial charge in [0, 0.05) is 19.7 Å². The van der Waals surface area contributed by atoms with E-state index in [0.29, 0.717) is 12.1 Å². The lowest BCUT2D eigenvalue weighted by Gasteiger charge is -2.20. The number of ether oxygens (including phenoxy) is 1. The van der Waals surface area contributed by atoms with E-state index in [-0.39, 0.29) is 0 Å². The summed E-state index contributed by atoms with van der Waals surface area (Å²) in [5.41, 5.74) is 0. The Kier molecular flexibility index (Phi) is 10.9. The fraction of sp³-hybridized carbons (Fsp3) is 1.00. The summed E-state index contributed by atoms with van der Waals surface area (Å²) >= 11 is 0. The number of unbranched alkanes of at least 4 members (excludes halogenated alkanes) is 1. The third-order valence-corrected chi connectivity index (χ3v) is 3.14. The second-order valence-corrected chi connectivity index (χ2v) is 5.16. The molecule has 0 saturated carbocycles. The van der Waals surface area contributed by atoms with Crippen LogP contribution in [-0.4, -0.2) is 50.8 Å². The van der Waals surface area contributed by atoms with Gasteiger partial charge in [-0.2, -0.15) is 0 Å². The van der Waals surface area contributed by atoms with Crippen molar-refractivity contribution in [2.75, 3.05) is 33.8 Å². The predicted octanol–water partition coefficient (Wildman–Crippen LogP) is 2.51. The fourth-order valence-electron chi connectivity index (χ4n) is 1.93. The number of hydrogen-bond donors (Lipinski definition) is 1. The van der Waals surface area contributed by atoms with E-state index < -0.39 is 0 Å². The van der Waals surface area contributed by atoms with Crippen LogP contribution < -0.4 is 5.32 Å². The van der Waals surface area contributed by atoms with Crippen LogP contribution in [0.25, 0.3) is 0 Å². The van der Waals surface area contributed by atoms with Gasteiger partial charge in [0.2, 0.25) is 0 Å². The van der Waals surface area contributed by atoms with Gasteiger partial charge in [0.1, 0.15) is 0 Å². The summed E-state index contributed by atoms with van der Waals surface area (Å²) in [6, 6.07) is 0.665. The van der Waals surface area contributed by atoms with Crippen molar-refractivity contribution in [3.05, 3.63) is 0 Å². The second-order valence-electron chi connectivity index (χ2n) is 5.16. The summed E-state index contributed by atoms with van der Waals surface area (Å²) in [7, 11) is 3.95. The van der Waals surface area contributed by atoms with Gasteiger partial charge in [-0.1, -0.05) is 13.3 Å².